The van der Waals surface area contributed by atoms with Crippen LogP contribution in [0.15, 0.2) is 18.3 Å². The fraction of sp³-hybridized carbons (Fsp3) is 0.600. The maximum atomic E-state index is 12.9. The highest BCUT2D eigenvalue weighted by Crippen LogP contribution is 2.42. The first kappa shape index (κ1) is 18.7. The summed E-state index contributed by atoms with van der Waals surface area (Å²) in [6.07, 6.45) is 3.51. The van der Waals surface area contributed by atoms with Crippen LogP contribution in [0.25, 0.3) is 5.65 Å². The molecule has 4 heterocycles. The molecule has 2 amide bonds. The molecule has 2 aliphatic rings. The molecule has 0 bridgehead atoms. The number of carbonyl (C=O) groups excluding carboxylic acids is 2. The third-order valence-electron chi connectivity index (χ3n) is 5.54. The second kappa shape index (κ2) is 6.46. The number of amides is 2. The summed E-state index contributed by atoms with van der Waals surface area (Å²) in [5, 5.41) is 4.33. The fourth-order valence-corrected chi connectivity index (χ4v) is 4.14. The highest BCUT2D eigenvalue weighted by atomic mass is 16.6. The molecule has 28 heavy (non-hydrogen) atoms. The number of piperidine rings is 1. The van der Waals surface area contributed by atoms with E-state index in [1.807, 2.05) is 44.7 Å². The average Bonchev–Trinajstić information content (AvgIpc) is 3.18. The third kappa shape index (κ3) is 3.43. The Kier molecular flexibility index (Phi) is 4.32. The van der Waals surface area contributed by atoms with Gasteiger partial charge in [-0.1, -0.05) is 0 Å². The second-order valence-electron chi connectivity index (χ2n) is 8.98. The standard InChI is InChI=1S/C20H27N5O3/c1-14-11-16(25-15(22-14)5-8-21-25)24-13-20(12-17(24)26)6-9-23(10-7-20)18(27)28-19(2,3)4/h5,8,11H,6-7,9-10,12-13H2,1-4H3. The lowest BCUT2D eigenvalue weighted by molar-refractivity contribution is -0.118. The van der Waals surface area contributed by atoms with Crippen molar-refractivity contribution in [3.8, 4) is 0 Å². The van der Waals surface area contributed by atoms with Gasteiger partial charge in [0.15, 0.2) is 5.65 Å². The van der Waals surface area contributed by atoms with Crippen LogP contribution in [0.2, 0.25) is 0 Å². The minimum absolute atomic E-state index is 0.105. The zero-order valence-corrected chi connectivity index (χ0v) is 16.9. The normalized spacial score (nSPS) is 19.6. The monoisotopic (exact) mass is 385 g/mol. The molecule has 0 aromatic carbocycles. The second-order valence-corrected chi connectivity index (χ2v) is 8.98. The highest BCUT2D eigenvalue weighted by molar-refractivity contribution is 5.96. The Morgan fingerprint density at radius 2 is 1.96 bits per heavy atom. The predicted molar refractivity (Wildman–Crippen MR) is 104 cm³/mol. The Hall–Kier alpha value is -2.64. The Morgan fingerprint density at radius 3 is 2.64 bits per heavy atom. The summed E-state index contributed by atoms with van der Waals surface area (Å²) < 4.78 is 7.21. The number of hydrogen-bond donors (Lipinski definition) is 0. The molecule has 2 aromatic heterocycles. The minimum Gasteiger partial charge on any atom is -0.444 e. The summed E-state index contributed by atoms with van der Waals surface area (Å²) >= 11 is 0. The van der Waals surface area contributed by atoms with E-state index in [0.29, 0.717) is 26.1 Å². The number of rotatable bonds is 1. The number of aryl methyl sites for hydroxylation is 1. The summed E-state index contributed by atoms with van der Waals surface area (Å²) in [6, 6.07) is 3.75. The molecule has 4 rings (SSSR count). The van der Waals surface area contributed by atoms with Gasteiger partial charge in [-0.15, -0.1) is 0 Å². The van der Waals surface area contributed by atoms with Crippen molar-refractivity contribution < 1.29 is 14.3 Å². The van der Waals surface area contributed by atoms with Crippen LogP contribution in [0.5, 0.6) is 0 Å². The Balaban J connectivity index is 1.50. The first-order valence-corrected chi connectivity index (χ1v) is 9.76. The van der Waals surface area contributed by atoms with Crippen LogP contribution in [0, 0.1) is 12.3 Å². The van der Waals surface area contributed by atoms with E-state index in [1.165, 1.54) is 0 Å². The number of anilines is 1. The van der Waals surface area contributed by atoms with Crippen molar-refractivity contribution in [2.45, 2.75) is 52.6 Å². The molecule has 2 aromatic rings. The zero-order valence-electron chi connectivity index (χ0n) is 16.9. The maximum Gasteiger partial charge on any atom is 0.410 e. The number of fused-ring (bicyclic) bond motifs is 1. The molecule has 2 aliphatic heterocycles. The number of aromatic nitrogens is 3. The van der Waals surface area contributed by atoms with Crippen LogP contribution in [-0.2, 0) is 9.53 Å². The van der Waals surface area contributed by atoms with Crippen molar-refractivity contribution in [1.82, 2.24) is 19.5 Å². The fourth-order valence-electron chi connectivity index (χ4n) is 4.14. The van der Waals surface area contributed by atoms with Gasteiger partial charge in [0.05, 0.1) is 6.20 Å². The lowest BCUT2D eigenvalue weighted by Gasteiger charge is -2.39. The summed E-state index contributed by atoms with van der Waals surface area (Å²) in [7, 11) is 0. The molecule has 2 fully saturated rings. The quantitative estimate of drug-likeness (QED) is 0.754. The lowest BCUT2D eigenvalue weighted by Crippen LogP contribution is -2.46. The van der Waals surface area contributed by atoms with Gasteiger partial charge in [-0.2, -0.15) is 9.61 Å². The summed E-state index contributed by atoms with van der Waals surface area (Å²) in [5.41, 5.74) is 0.993. The van der Waals surface area contributed by atoms with E-state index in [4.69, 9.17) is 4.74 Å². The lowest BCUT2D eigenvalue weighted by atomic mass is 9.78. The number of hydrogen-bond acceptors (Lipinski definition) is 5. The van der Waals surface area contributed by atoms with Crippen molar-refractivity contribution in [3.63, 3.8) is 0 Å². The van der Waals surface area contributed by atoms with Crippen molar-refractivity contribution >= 4 is 23.5 Å². The highest BCUT2D eigenvalue weighted by Gasteiger charge is 2.47. The van der Waals surface area contributed by atoms with Gasteiger partial charge in [0.2, 0.25) is 5.91 Å². The summed E-state index contributed by atoms with van der Waals surface area (Å²) in [4.78, 5) is 33.3. The molecule has 0 saturated carbocycles. The van der Waals surface area contributed by atoms with E-state index in [2.05, 4.69) is 10.1 Å². The third-order valence-corrected chi connectivity index (χ3v) is 5.54. The first-order valence-electron chi connectivity index (χ1n) is 9.76. The van der Waals surface area contributed by atoms with Gasteiger partial charge < -0.3 is 9.64 Å². The van der Waals surface area contributed by atoms with Gasteiger partial charge in [0.25, 0.3) is 0 Å². The molecule has 150 valence electrons. The van der Waals surface area contributed by atoms with Crippen molar-refractivity contribution in [1.29, 1.82) is 0 Å². The van der Waals surface area contributed by atoms with Gasteiger partial charge in [-0.05, 0) is 40.5 Å². The van der Waals surface area contributed by atoms with E-state index in [0.717, 1.165) is 30.0 Å². The van der Waals surface area contributed by atoms with Gasteiger partial charge in [0, 0.05) is 49.3 Å². The molecule has 0 aliphatic carbocycles. The summed E-state index contributed by atoms with van der Waals surface area (Å²) in [5.74, 6) is 0.872. The molecule has 1 spiro atoms. The van der Waals surface area contributed by atoms with Gasteiger partial charge in [-0.25, -0.2) is 9.78 Å². The predicted octanol–water partition coefficient (Wildman–Crippen LogP) is 2.79. The molecule has 0 radical (unpaired) electrons. The van der Waals surface area contributed by atoms with Crippen LogP contribution in [0.3, 0.4) is 0 Å². The van der Waals surface area contributed by atoms with Crippen molar-refractivity contribution in [2.24, 2.45) is 5.41 Å². The van der Waals surface area contributed by atoms with E-state index >= 15 is 0 Å². The molecule has 8 heteroatoms. The van der Waals surface area contributed by atoms with Gasteiger partial charge in [-0.3, -0.25) is 9.69 Å². The van der Waals surface area contributed by atoms with Crippen LogP contribution >= 0.6 is 0 Å². The van der Waals surface area contributed by atoms with Crippen LogP contribution in [0.4, 0.5) is 10.6 Å². The number of carbonyl (C=O) groups is 2. The summed E-state index contributed by atoms with van der Waals surface area (Å²) in [6.45, 7) is 9.41. The van der Waals surface area contributed by atoms with Crippen LogP contribution in [0.1, 0.15) is 45.7 Å². The number of nitrogens with zero attached hydrogens (tertiary/aromatic N) is 5. The largest absolute Gasteiger partial charge is 0.444 e. The van der Waals surface area contributed by atoms with Crippen LogP contribution < -0.4 is 4.90 Å². The molecular formula is C20H27N5O3. The van der Waals surface area contributed by atoms with Crippen molar-refractivity contribution in [3.05, 3.63) is 24.0 Å². The Labute approximate surface area is 164 Å². The molecular weight excluding hydrogens is 358 g/mol. The SMILES string of the molecule is Cc1cc(N2CC3(CCN(C(=O)OC(C)(C)C)CC3)CC2=O)n2nccc2n1. The average molecular weight is 385 g/mol. The van der Waals surface area contributed by atoms with Gasteiger partial charge in [0.1, 0.15) is 11.4 Å². The van der Waals surface area contributed by atoms with E-state index < -0.39 is 5.60 Å². The molecule has 2 saturated heterocycles. The first-order chi connectivity index (χ1) is 13.2. The number of likely N-dealkylation sites (tertiary alicyclic amines) is 1. The topological polar surface area (TPSA) is 80.0 Å². The molecule has 0 atom stereocenters. The van der Waals surface area contributed by atoms with Gasteiger partial charge >= 0.3 is 6.09 Å². The Morgan fingerprint density at radius 1 is 1.25 bits per heavy atom. The van der Waals surface area contributed by atoms with E-state index in [9.17, 15) is 9.59 Å². The Bertz CT molecular complexity index is 922. The van der Waals surface area contributed by atoms with E-state index in [1.54, 1.807) is 15.6 Å². The molecule has 0 N–H and O–H groups in total. The zero-order chi connectivity index (χ0) is 20.1. The van der Waals surface area contributed by atoms with Crippen LogP contribution in [-0.4, -0.2) is 56.7 Å². The van der Waals surface area contributed by atoms with E-state index in [-0.39, 0.29) is 17.4 Å². The minimum atomic E-state index is -0.499. The van der Waals surface area contributed by atoms with Crippen molar-refractivity contribution in [2.75, 3.05) is 24.5 Å². The molecule has 8 nitrogen and oxygen atoms in total. The number of ether oxygens (including phenoxy) is 1. The maximum absolute atomic E-state index is 12.9. The smallest absolute Gasteiger partial charge is 0.410 e. The molecule has 0 unspecified atom stereocenters.